The number of anilines is 2. The molecule has 0 unspecified atom stereocenters. The summed E-state index contributed by atoms with van der Waals surface area (Å²) in [5, 5.41) is 0. The summed E-state index contributed by atoms with van der Waals surface area (Å²) in [6, 6.07) is 13.6. The van der Waals surface area contributed by atoms with Crippen LogP contribution in [0.1, 0.15) is 5.69 Å². The summed E-state index contributed by atoms with van der Waals surface area (Å²) >= 11 is 5.80. The number of aromatic nitrogens is 1. The maximum absolute atomic E-state index is 5.80. The van der Waals surface area contributed by atoms with Crippen LogP contribution in [0.15, 0.2) is 42.5 Å². The van der Waals surface area contributed by atoms with E-state index in [1.807, 2.05) is 54.4 Å². The predicted molar refractivity (Wildman–Crippen MR) is 74.9 cm³/mol. The number of ether oxygens (including phenoxy) is 1. The molecule has 0 aliphatic heterocycles. The second kappa shape index (κ2) is 5.74. The van der Waals surface area contributed by atoms with Gasteiger partial charge in [-0.3, -0.25) is 0 Å². The van der Waals surface area contributed by atoms with Gasteiger partial charge in [0.05, 0.1) is 24.4 Å². The Labute approximate surface area is 112 Å². The highest BCUT2D eigenvalue weighted by atomic mass is 35.5. The van der Waals surface area contributed by atoms with Crippen LogP contribution in [0, 0.1) is 0 Å². The van der Waals surface area contributed by atoms with Crippen LogP contribution in [0.5, 0.6) is 5.75 Å². The highest BCUT2D eigenvalue weighted by Gasteiger charge is 2.10. The molecule has 1 heterocycles. The van der Waals surface area contributed by atoms with Gasteiger partial charge in [-0.05, 0) is 24.3 Å². The molecule has 0 atom stereocenters. The first-order chi connectivity index (χ1) is 8.76. The van der Waals surface area contributed by atoms with Crippen molar-refractivity contribution in [3.8, 4) is 5.75 Å². The highest BCUT2D eigenvalue weighted by molar-refractivity contribution is 6.16. The molecule has 0 amide bonds. The molecule has 2 aromatic rings. The Kier molecular flexibility index (Phi) is 4.05. The standard InChI is InChI=1S/C14H15ClN2O/c1-17(12-7-3-4-8-13(12)18-2)14-9-5-6-11(10-15)16-14/h3-9H,10H2,1-2H3. The number of hydrogen-bond donors (Lipinski definition) is 0. The van der Waals surface area contributed by atoms with E-state index in [-0.39, 0.29) is 0 Å². The summed E-state index contributed by atoms with van der Waals surface area (Å²) in [7, 11) is 3.62. The van der Waals surface area contributed by atoms with Crippen molar-refractivity contribution in [2.75, 3.05) is 19.1 Å². The van der Waals surface area contributed by atoms with Gasteiger partial charge in [0, 0.05) is 7.05 Å². The van der Waals surface area contributed by atoms with Crippen molar-refractivity contribution >= 4 is 23.1 Å². The molecule has 0 bridgehead atoms. The number of pyridine rings is 1. The van der Waals surface area contributed by atoms with Crippen LogP contribution in [0.3, 0.4) is 0 Å². The van der Waals surface area contributed by atoms with Gasteiger partial charge < -0.3 is 9.64 Å². The van der Waals surface area contributed by atoms with Crippen molar-refractivity contribution in [3.05, 3.63) is 48.2 Å². The van der Waals surface area contributed by atoms with Gasteiger partial charge in [0.15, 0.2) is 0 Å². The Hall–Kier alpha value is -1.74. The molecular weight excluding hydrogens is 248 g/mol. The zero-order valence-corrected chi connectivity index (χ0v) is 11.2. The topological polar surface area (TPSA) is 25.4 Å². The molecular formula is C14H15ClN2O. The third-order valence-electron chi connectivity index (χ3n) is 2.72. The van der Waals surface area contributed by atoms with Gasteiger partial charge in [-0.25, -0.2) is 4.98 Å². The monoisotopic (exact) mass is 262 g/mol. The van der Waals surface area contributed by atoms with E-state index in [2.05, 4.69) is 4.98 Å². The Balaban J connectivity index is 2.37. The molecule has 3 nitrogen and oxygen atoms in total. The van der Waals surface area contributed by atoms with Crippen LogP contribution in [0.2, 0.25) is 0 Å². The van der Waals surface area contributed by atoms with Crippen molar-refractivity contribution in [2.45, 2.75) is 5.88 Å². The molecule has 0 radical (unpaired) electrons. The normalized spacial score (nSPS) is 10.2. The summed E-state index contributed by atoms with van der Waals surface area (Å²) in [6.07, 6.45) is 0. The zero-order valence-electron chi connectivity index (χ0n) is 10.4. The van der Waals surface area contributed by atoms with Gasteiger partial charge in [0.1, 0.15) is 11.6 Å². The van der Waals surface area contributed by atoms with E-state index in [0.29, 0.717) is 5.88 Å². The molecule has 2 rings (SSSR count). The third-order valence-corrected chi connectivity index (χ3v) is 2.99. The molecule has 0 N–H and O–H groups in total. The largest absolute Gasteiger partial charge is 0.495 e. The summed E-state index contributed by atoms with van der Waals surface area (Å²) in [6.45, 7) is 0. The first-order valence-corrected chi connectivity index (χ1v) is 6.18. The van der Waals surface area contributed by atoms with E-state index in [4.69, 9.17) is 16.3 Å². The first kappa shape index (κ1) is 12.7. The molecule has 0 fully saturated rings. The smallest absolute Gasteiger partial charge is 0.142 e. The molecule has 0 aliphatic rings. The average Bonchev–Trinajstić information content (AvgIpc) is 2.46. The molecule has 1 aromatic carbocycles. The Bertz CT molecular complexity index is 531. The summed E-state index contributed by atoms with van der Waals surface area (Å²) in [4.78, 5) is 6.46. The number of hydrogen-bond acceptors (Lipinski definition) is 3. The van der Waals surface area contributed by atoms with Gasteiger partial charge in [-0.15, -0.1) is 11.6 Å². The highest BCUT2D eigenvalue weighted by Crippen LogP contribution is 2.31. The number of benzene rings is 1. The van der Waals surface area contributed by atoms with E-state index < -0.39 is 0 Å². The number of halogens is 1. The van der Waals surface area contributed by atoms with Crippen molar-refractivity contribution in [1.82, 2.24) is 4.98 Å². The number of alkyl halides is 1. The fourth-order valence-corrected chi connectivity index (χ4v) is 1.91. The maximum Gasteiger partial charge on any atom is 0.142 e. The maximum atomic E-state index is 5.80. The summed E-state index contributed by atoms with van der Waals surface area (Å²) in [5.74, 6) is 2.07. The number of rotatable bonds is 4. The van der Waals surface area contributed by atoms with E-state index in [1.54, 1.807) is 7.11 Å². The second-order valence-electron chi connectivity index (χ2n) is 3.85. The van der Waals surface area contributed by atoms with Gasteiger partial charge in [0.2, 0.25) is 0 Å². The molecule has 94 valence electrons. The van der Waals surface area contributed by atoms with Gasteiger partial charge >= 0.3 is 0 Å². The molecule has 0 saturated carbocycles. The minimum Gasteiger partial charge on any atom is -0.495 e. The lowest BCUT2D eigenvalue weighted by Gasteiger charge is -2.21. The molecule has 0 spiro atoms. The van der Waals surface area contributed by atoms with Gasteiger partial charge in [0.25, 0.3) is 0 Å². The van der Waals surface area contributed by atoms with E-state index in [9.17, 15) is 0 Å². The first-order valence-electron chi connectivity index (χ1n) is 5.65. The number of nitrogens with zero attached hydrogens (tertiary/aromatic N) is 2. The fourth-order valence-electron chi connectivity index (χ4n) is 1.76. The van der Waals surface area contributed by atoms with Crippen molar-refractivity contribution in [1.29, 1.82) is 0 Å². The molecule has 4 heteroatoms. The molecule has 0 aliphatic carbocycles. The van der Waals surface area contributed by atoms with Gasteiger partial charge in [-0.1, -0.05) is 18.2 Å². The predicted octanol–water partition coefficient (Wildman–Crippen LogP) is 3.60. The third kappa shape index (κ3) is 2.57. The van der Waals surface area contributed by atoms with E-state index in [1.165, 1.54) is 0 Å². The quantitative estimate of drug-likeness (QED) is 0.788. The Morgan fingerprint density at radius 2 is 1.94 bits per heavy atom. The van der Waals surface area contributed by atoms with Crippen LogP contribution < -0.4 is 9.64 Å². The van der Waals surface area contributed by atoms with Gasteiger partial charge in [-0.2, -0.15) is 0 Å². The average molecular weight is 263 g/mol. The van der Waals surface area contributed by atoms with E-state index >= 15 is 0 Å². The van der Waals surface area contributed by atoms with Crippen LogP contribution in [-0.2, 0) is 5.88 Å². The fraction of sp³-hybridized carbons (Fsp3) is 0.214. The van der Waals surface area contributed by atoms with Crippen LogP contribution in [-0.4, -0.2) is 19.1 Å². The van der Waals surface area contributed by atoms with Crippen LogP contribution in [0.25, 0.3) is 0 Å². The van der Waals surface area contributed by atoms with Crippen LogP contribution >= 0.6 is 11.6 Å². The summed E-state index contributed by atoms with van der Waals surface area (Å²) < 4.78 is 5.35. The minimum atomic E-state index is 0.410. The van der Waals surface area contributed by atoms with Crippen molar-refractivity contribution in [3.63, 3.8) is 0 Å². The molecule has 18 heavy (non-hydrogen) atoms. The Morgan fingerprint density at radius 1 is 1.17 bits per heavy atom. The molecule has 1 aromatic heterocycles. The minimum absolute atomic E-state index is 0.410. The zero-order chi connectivity index (χ0) is 13.0. The number of para-hydroxylation sites is 2. The lowest BCUT2D eigenvalue weighted by atomic mass is 10.2. The lowest BCUT2D eigenvalue weighted by Crippen LogP contribution is -2.12. The number of methoxy groups -OCH3 is 1. The SMILES string of the molecule is COc1ccccc1N(C)c1cccc(CCl)n1. The molecule has 0 saturated heterocycles. The van der Waals surface area contributed by atoms with Crippen molar-refractivity contribution < 1.29 is 4.74 Å². The summed E-state index contributed by atoms with van der Waals surface area (Å²) in [5.41, 5.74) is 1.83. The van der Waals surface area contributed by atoms with E-state index in [0.717, 1.165) is 22.9 Å². The Morgan fingerprint density at radius 3 is 2.67 bits per heavy atom. The second-order valence-corrected chi connectivity index (χ2v) is 4.12. The lowest BCUT2D eigenvalue weighted by molar-refractivity contribution is 0.415. The van der Waals surface area contributed by atoms with Crippen LogP contribution in [0.4, 0.5) is 11.5 Å². The van der Waals surface area contributed by atoms with Crippen molar-refractivity contribution in [2.24, 2.45) is 0 Å².